The van der Waals surface area contributed by atoms with E-state index in [4.69, 9.17) is 5.73 Å². The van der Waals surface area contributed by atoms with Gasteiger partial charge in [0.25, 0.3) is 0 Å². The van der Waals surface area contributed by atoms with Crippen molar-refractivity contribution in [2.75, 3.05) is 13.1 Å². The number of carbonyl (C=O) groups is 1. The van der Waals surface area contributed by atoms with Crippen LogP contribution in [0.15, 0.2) is 22.7 Å². The lowest BCUT2D eigenvalue weighted by Crippen LogP contribution is -2.46. The third-order valence-corrected chi connectivity index (χ3v) is 4.93. The Labute approximate surface area is 129 Å². The summed E-state index contributed by atoms with van der Waals surface area (Å²) in [5.74, 6) is 0.129. The zero-order valence-corrected chi connectivity index (χ0v) is 13.6. The highest BCUT2D eigenvalue weighted by molar-refractivity contribution is 9.10. The molecule has 3 N–H and O–H groups in total. The standard InChI is InChI=1S/C16H23BrN2O/c1-12-3-5-14(17)9-13(12)4-6-15(20)19-11-16(10-18)7-2-8-16/h3,5,9H,2,4,6-8,10-11,18H2,1H3,(H,19,20). The number of amides is 1. The first kappa shape index (κ1) is 15.5. The topological polar surface area (TPSA) is 55.1 Å². The Balaban J connectivity index is 1.79. The van der Waals surface area contributed by atoms with Crippen molar-refractivity contribution in [3.8, 4) is 0 Å². The second-order valence-corrected chi connectivity index (χ2v) is 6.82. The maximum absolute atomic E-state index is 12.0. The largest absolute Gasteiger partial charge is 0.355 e. The monoisotopic (exact) mass is 338 g/mol. The maximum atomic E-state index is 12.0. The van der Waals surface area contributed by atoms with E-state index in [0.29, 0.717) is 13.0 Å². The molecule has 110 valence electrons. The zero-order valence-electron chi connectivity index (χ0n) is 12.0. The van der Waals surface area contributed by atoms with Crippen LogP contribution < -0.4 is 11.1 Å². The van der Waals surface area contributed by atoms with Crippen molar-refractivity contribution >= 4 is 21.8 Å². The lowest BCUT2D eigenvalue weighted by atomic mass is 9.69. The van der Waals surface area contributed by atoms with E-state index < -0.39 is 0 Å². The van der Waals surface area contributed by atoms with E-state index in [2.05, 4.69) is 40.3 Å². The summed E-state index contributed by atoms with van der Waals surface area (Å²) in [7, 11) is 0. The van der Waals surface area contributed by atoms with Gasteiger partial charge in [-0.2, -0.15) is 0 Å². The fraction of sp³-hybridized carbons (Fsp3) is 0.562. The summed E-state index contributed by atoms with van der Waals surface area (Å²) in [5, 5.41) is 3.05. The Morgan fingerprint density at radius 2 is 2.20 bits per heavy atom. The van der Waals surface area contributed by atoms with Gasteiger partial charge in [0.05, 0.1) is 0 Å². The number of benzene rings is 1. The van der Waals surface area contributed by atoms with Gasteiger partial charge in [-0.15, -0.1) is 0 Å². The van der Waals surface area contributed by atoms with Crippen LogP contribution in [0.3, 0.4) is 0 Å². The van der Waals surface area contributed by atoms with Gasteiger partial charge in [0.2, 0.25) is 5.91 Å². The van der Waals surface area contributed by atoms with E-state index in [1.807, 2.05) is 6.07 Å². The van der Waals surface area contributed by atoms with Gasteiger partial charge in [-0.25, -0.2) is 0 Å². The molecule has 1 aromatic rings. The van der Waals surface area contributed by atoms with E-state index in [1.165, 1.54) is 17.5 Å². The number of aryl methyl sites for hydroxylation is 2. The third-order valence-electron chi connectivity index (χ3n) is 4.44. The van der Waals surface area contributed by atoms with Crippen molar-refractivity contribution in [1.29, 1.82) is 0 Å². The molecular formula is C16H23BrN2O. The first-order valence-electron chi connectivity index (χ1n) is 7.26. The second-order valence-electron chi connectivity index (χ2n) is 5.91. The first-order chi connectivity index (χ1) is 9.54. The molecule has 0 radical (unpaired) electrons. The zero-order chi connectivity index (χ0) is 14.6. The fourth-order valence-corrected chi connectivity index (χ4v) is 3.07. The molecule has 0 aliphatic heterocycles. The molecule has 0 saturated heterocycles. The Hall–Kier alpha value is -0.870. The third kappa shape index (κ3) is 3.83. The van der Waals surface area contributed by atoms with Crippen LogP contribution in [0, 0.1) is 12.3 Å². The minimum atomic E-state index is 0.129. The molecule has 4 heteroatoms. The molecule has 0 aromatic heterocycles. The summed E-state index contributed by atoms with van der Waals surface area (Å²) >= 11 is 3.47. The highest BCUT2D eigenvalue weighted by Gasteiger charge is 2.35. The van der Waals surface area contributed by atoms with Crippen LogP contribution in [0.25, 0.3) is 0 Å². The molecule has 1 saturated carbocycles. The van der Waals surface area contributed by atoms with Crippen LogP contribution in [-0.2, 0) is 11.2 Å². The predicted octanol–water partition coefficient (Wildman–Crippen LogP) is 2.94. The molecule has 1 fully saturated rings. The van der Waals surface area contributed by atoms with Gasteiger partial charge in [0.15, 0.2) is 0 Å². The highest BCUT2D eigenvalue weighted by Crippen LogP contribution is 2.39. The molecule has 2 rings (SSSR count). The predicted molar refractivity (Wildman–Crippen MR) is 85.5 cm³/mol. The Kier molecular flexibility index (Phi) is 5.22. The number of halogens is 1. The van der Waals surface area contributed by atoms with Gasteiger partial charge >= 0.3 is 0 Å². The van der Waals surface area contributed by atoms with Crippen molar-refractivity contribution in [2.24, 2.45) is 11.1 Å². The Morgan fingerprint density at radius 1 is 1.45 bits per heavy atom. The van der Waals surface area contributed by atoms with Crippen LogP contribution >= 0.6 is 15.9 Å². The van der Waals surface area contributed by atoms with Gasteiger partial charge in [-0.1, -0.05) is 28.4 Å². The maximum Gasteiger partial charge on any atom is 0.220 e. The van der Waals surface area contributed by atoms with E-state index in [-0.39, 0.29) is 11.3 Å². The van der Waals surface area contributed by atoms with Crippen LogP contribution in [0.2, 0.25) is 0 Å². The van der Waals surface area contributed by atoms with Crippen LogP contribution in [-0.4, -0.2) is 19.0 Å². The van der Waals surface area contributed by atoms with E-state index in [9.17, 15) is 4.79 Å². The number of nitrogens with two attached hydrogens (primary N) is 1. The first-order valence-corrected chi connectivity index (χ1v) is 8.06. The summed E-state index contributed by atoms with van der Waals surface area (Å²) in [6, 6.07) is 6.20. The van der Waals surface area contributed by atoms with Crippen molar-refractivity contribution in [3.05, 3.63) is 33.8 Å². The smallest absolute Gasteiger partial charge is 0.220 e. The minimum Gasteiger partial charge on any atom is -0.355 e. The van der Waals surface area contributed by atoms with Gasteiger partial charge in [0.1, 0.15) is 0 Å². The molecule has 1 aliphatic carbocycles. The number of carbonyl (C=O) groups excluding carboxylic acids is 1. The Bertz CT molecular complexity index is 478. The van der Waals surface area contributed by atoms with Crippen molar-refractivity contribution < 1.29 is 4.79 Å². The quantitative estimate of drug-likeness (QED) is 0.837. The molecule has 0 spiro atoms. The van der Waals surface area contributed by atoms with Crippen LogP contribution in [0.1, 0.15) is 36.8 Å². The average molecular weight is 339 g/mol. The highest BCUT2D eigenvalue weighted by atomic mass is 79.9. The molecule has 3 nitrogen and oxygen atoms in total. The van der Waals surface area contributed by atoms with Gasteiger partial charge in [-0.3, -0.25) is 4.79 Å². The molecule has 0 atom stereocenters. The number of nitrogens with one attached hydrogen (secondary N) is 1. The Morgan fingerprint density at radius 3 is 2.80 bits per heavy atom. The molecule has 0 unspecified atom stereocenters. The fourth-order valence-electron chi connectivity index (χ4n) is 2.66. The molecule has 1 amide bonds. The van der Waals surface area contributed by atoms with Crippen molar-refractivity contribution in [3.63, 3.8) is 0 Å². The molecule has 1 aliphatic rings. The summed E-state index contributed by atoms with van der Waals surface area (Å²) in [6.07, 6.45) is 4.86. The SMILES string of the molecule is Cc1ccc(Br)cc1CCC(=O)NCC1(CN)CCC1. The number of rotatable bonds is 6. The summed E-state index contributed by atoms with van der Waals surface area (Å²) in [4.78, 5) is 12.0. The van der Waals surface area contributed by atoms with Crippen LogP contribution in [0.5, 0.6) is 0 Å². The normalized spacial score (nSPS) is 16.6. The minimum absolute atomic E-state index is 0.129. The molecule has 20 heavy (non-hydrogen) atoms. The molecule has 0 bridgehead atoms. The summed E-state index contributed by atoms with van der Waals surface area (Å²) < 4.78 is 1.06. The van der Waals surface area contributed by atoms with Crippen molar-refractivity contribution in [1.82, 2.24) is 5.32 Å². The van der Waals surface area contributed by atoms with Gasteiger partial charge < -0.3 is 11.1 Å². The lowest BCUT2D eigenvalue weighted by molar-refractivity contribution is -0.121. The van der Waals surface area contributed by atoms with Crippen molar-refractivity contribution in [2.45, 2.75) is 39.0 Å². The van der Waals surface area contributed by atoms with Gasteiger partial charge in [-0.05, 0) is 61.4 Å². The van der Waals surface area contributed by atoms with E-state index >= 15 is 0 Å². The molecule has 1 aromatic carbocycles. The van der Waals surface area contributed by atoms with E-state index in [1.54, 1.807) is 0 Å². The lowest BCUT2D eigenvalue weighted by Gasteiger charge is -2.41. The summed E-state index contributed by atoms with van der Waals surface area (Å²) in [6.45, 7) is 3.50. The second kappa shape index (κ2) is 6.72. The average Bonchev–Trinajstić information content (AvgIpc) is 2.39. The number of hydrogen-bond donors (Lipinski definition) is 2. The molecule has 0 heterocycles. The van der Waals surface area contributed by atoms with Gasteiger partial charge in [0, 0.05) is 17.4 Å². The number of hydrogen-bond acceptors (Lipinski definition) is 2. The molecular weight excluding hydrogens is 316 g/mol. The van der Waals surface area contributed by atoms with Crippen LogP contribution in [0.4, 0.5) is 0 Å². The van der Waals surface area contributed by atoms with E-state index in [0.717, 1.165) is 30.3 Å². The summed E-state index contributed by atoms with van der Waals surface area (Å²) in [5.41, 5.74) is 8.45.